The predicted octanol–water partition coefficient (Wildman–Crippen LogP) is 6.81. The van der Waals surface area contributed by atoms with Crippen LogP contribution in [0.4, 0.5) is 0 Å². The molecule has 3 N–H and O–H groups in total. The van der Waals surface area contributed by atoms with E-state index < -0.39 is 5.97 Å². The number of fused-ring (bicyclic) bond motifs is 2. The number of rotatable bonds is 4. The van der Waals surface area contributed by atoms with Crippen LogP contribution in [-0.4, -0.2) is 45.1 Å². The van der Waals surface area contributed by atoms with Crippen LogP contribution in [0.1, 0.15) is 33.7 Å². The molecule has 0 fully saturated rings. The van der Waals surface area contributed by atoms with Gasteiger partial charge < -0.3 is 10.8 Å². The van der Waals surface area contributed by atoms with Crippen molar-refractivity contribution < 1.29 is 9.90 Å². The molecule has 40 heavy (non-hydrogen) atoms. The van der Waals surface area contributed by atoms with E-state index in [4.69, 9.17) is 18.0 Å². The lowest BCUT2D eigenvalue weighted by molar-refractivity contribution is 0.0702. The summed E-state index contributed by atoms with van der Waals surface area (Å²) in [7, 11) is 0. The number of halogens is 1. The van der Waals surface area contributed by atoms with E-state index in [-0.39, 0.29) is 4.88 Å². The van der Waals surface area contributed by atoms with Crippen LogP contribution >= 0.6 is 39.5 Å². The number of benzene rings is 1. The first-order chi connectivity index (χ1) is 19.3. The summed E-state index contributed by atoms with van der Waals surface area (Å²) in [6.07, 6.45) is 3.82. The molecule has 5 aromatic heterocycles. The SMILES string of the molecule is CCBr.Cc1nc2ccccn2c1-c1nc(-c2ccccc2)c(C(=O)O)s1.Cc1nc2ccccn2c1C(N)=S. The lowest BCUT2D eigenvalue weighted by Gasteiger charge is -1.99. The lowest BCUT2D eigenvalue weighted by Crippen LogP contribution is -2.13. The van der Waals surface area contributed by atoms with Crippen molar-refractivity contribution in [1.29, 1.82) is 0 Å². The standard InChI is InChI=1S/C18H13N3O2S.C9H9N3S.C2H5Br/c1-11-15(21-10-6-5-9-13(21)19-11)17-20-14(16(24-17)18(22)23)12-7-3-2-4-8-12;1-6-8(9(10)13)12-5-3-2-4-7(12)11-6;1-2-3/h2-10H,1H3,(H,22,23);2-5H,1H3,(H2,10,13);2H2,1H3. The smallest absolute Gasteiger partial charge is 0.348 e. The van der Waals surface area contributed by atoms with Gasteiger partial charge in [0.15, 0.2) is 0 Å². The Bertz CT molecular complexity index is 1790. The van der Waals surface area contributed by atoms with Gasteiger partial charge in [-0.15, -0.1) is 11.3 Å². The van der Waals surface area contributed by atoms with Crippen LogP contribution in [0.3, 0.4) is 0 Å². The molecule has 6 aromatic rings. The van der Waals surface area contributed by atoms with E-state index in [2.05, 4.69) is 30.9 Å². The number of imidazole rings is 2. The number of aryl methyl sites for hydroxylation is 2. The summed E-state index contributed by atoms with van der Waals surface area (Å²) >= 11 is 9.27. The molecule has 0 amide bonds. The van der Waals surface area contributed by atoms with Crippen molar-refractivity contribution in [2.75, 3.05) is 5.33 Å². The number of hydrogen-bond donors (Lipinski definition) is 2. The van der Waals surface area contributed by atoms with E-state index in [9.17, 15) is 9.90 Å². The Labute approximate surface area is 249 Å². The Balaban J connectivity index is 0.000000194. The minimum Gasteiger partial charge on any atom is -0.477 e. The van der Waals surface area contributed by atoms with E-state index in [0.717, 1.165) is 45.0 Å². The zero-order valence-electron chi connectivity index (χ0n) is 22.1. The number of hydrogen-bond acceptors (Lipinski definition) is 6. The fraction of sp³-hybridized carbons (Fsp3) is 0.138. The minimum absolute atomic E-state index is 0.237. The minimum atomic E-state index is -0.968. The molecule has 0 aliphatic carbocycles. The average Bonchev–Trinajstić information content (AvgIpc) is 3.61. The molecule has 0 aliphatic heterocycles. The highest BCUT2D eigenvalue weighted by atomic mass is 79.9. The quantitative estimate of drug-likeness (QED) is 0.162. The molecule has 8 nitrogen and oxygen atoms in total. The van der Waals surface area contributed by atoms with Gasteiger partial charge in [-0.2, -0.15) is 0 Å². The maximum absolute atomic E-state index is 11.7. The highest BCUT2D eigenvalue weighted by molar-refractivity contribution is 9.09. The fourth-order valence-electron chi connectivity index (χ4n) is 4.14. The summed E-state index contributed by atoms with van der Waals surface area (Å²) in [5.74, 6) is -0.968. The average molecular weight is 636 g/mol. The van der Waals surface area contributed by atoms with E-state index in [0.29, 0.717) is 15.7 Å². The van der Waals surface area contributed by atoms with Crippen LogP contribution in [0, 0.1) is 13.8 Å². The Morgan fingerprint density at radius 2 is 1.48 bits per heavy atom. The molecule has 5 heterocycles. The number of thiocarbonyl (C=S) groups is 1. The maximum atomic E-state index is 11.7. The van der Waals surface area contributed by atoms with Gasteiger partial charge in [0.1, 0.15) is 37.6 Å². The monoisotopic (exact) mass is 634 g/mol. The number of carboxylic acids is 1. The molecule has 6 rings (SSSR count). The Morgan fingerprint density at radius 1 is 0.925 bits per heavy atom. The van der Waals surface area contributed by atoms with Crippen LogP contribution in [0.2, 0.25) is 0 Å². The first kappa shape index (κ1) is 29.1. The number of aromatic carboxylic acids is 1. The molecule has 0 saturated heterocycles. The number of carbonyl (C=O) groups is 1. The summed E-state index contributed by atoms with van der Waals surface area (Å²) in [5.41, 5.74) is 11.9. The second kappa shape index (κ2) is 12.9. The number of aromatic nitrogens is 5. The highest BCUT2D eigenvalue weighted by Crippen LogP contribution is 2.35. The molecule has 1 aromatic carbocycles. The summed E-state index contributed by atoms with van der Waals surface area (Å²) in [5, 5.41) is 11.3. The van der Waals surface area contributed by atoms with Crippen molar-refractivity contribution in [2.45, 2.75) is 20.8 Å². The zero-order chi connectivity index (χ0) is 28.8. The topological polar surface area (TPSA) is 111 Å². The number of nitrogens with zero attached hydrogens (tertiary/aromatic N) is 5. The normalized spacial score (nSPS) is 10.5. The second-order valence-corrected chi connectivity index (χ2v) is 11.0. The zero-order valence-corrected chi connectivity index (χ0v) is 25.3. The van der Waals surface area contributed by atoms with Gasteiger partial charge in [-0.3, -0.25) is 8.80 Å². The predicted molar refractivity (Wildman–Crippen MR) is 169 cm³/mol. The third kappa shape index (κ3) is 6.11. The van der Waals surface area contributed by atoms with Gasteiger partial charge >= 0.3 is 5.97 Å². The van der Waals surface area contributed by atoms with Gasteiger partial charge in [0.2, 0.25) is 0 Å². The van der Waals surface area contributed by atoms with Gasteiger partial charge in [-0.1, -0.05) is 77.5 Å². The number of pyridine rings is 2. The number of thiazole rings is 1. The largest absolute Gasteiger partial charge is 0.477 e. The molecule has 0 bridgehead atoms. The summed E-state index contributed by atoms with van der Waals surface area (Å²) in [4.78, 5) is 25.8. The van der Waals surface area contributed by atoms with Crippen molar-refractivity contribution in [3.8, 4) is 22.0 Å². The van der Waals surface area contributed by atoms with Crippen molar-refractivity contribution in [1.82, 2.24) is 23.8 Å². The lowest BCUT2D eigenvalue weighted by atomic mass is 10.1. The Morgan fingerprint density at radius 3 is 2.08 bits per heavy atom. The molecule has 0 unspecified atom stereocenters. The van der Waals surface area contributed by atoms with Gasteiger partial charge in [0.05, 0.1) is 17.1 Å². The van der Waals surface area contributed by atoms with E-state index in [1.807, 2.05) is 109 Å². The first-order valence-corrected chi connectivity index (χ1v) is 14.6. The van der Waals surface area contributed by atoms with Gasteiger partial charge in [-0.25, -0.2) is 19.7 Å². The number of nitrogens with two attached hydrogens (primary N) is 1. The molecule has 204 valence electrons. The maximum Gasteiger partial charge on any atom is 0.348 e. The van der Waals surface area contributed by atoms with Crippen LogP contribution in [0.25, 0.3) is 33.3 Å². The van der Waals surface area contributed by atoms with Crippen molar-refractivity contribution in [3.05, 3.63) is 101 Å². The third-order valence-electron chi connectivity index (χ3n) is 5.71. The van der Waals surface area contributed by atoms with Crippen molar-refractivity contribution in [2.24, 2.45) is 5.73 Å². The highest BCUT2D eigenvalue weighted by Gasteiger charge is 2.22. The first-order valence-electron chi connectivity index (χ1n) is 12.3. The van der Waals surface area contributed by atoms with Gasteiger partial charge in [0.25, 0.3) is 0 Å². The molecular weight excluding hydrogens is 608 g/mol. The van der Waals surface area contributed by atoms with Gasteiger partial charge in [0, 0.05) is 23.3 Å². The summed E-state index contributed by atoms with van der Waals surface area (Å²) in [6.45, 7) is 5.86. The van der Waals surface area contributed by atoms with E-state index in [1.54, 1.807) is 0 Å². The molecule has 11 heteroatoms. The van der Waals surface area contributed by atoms with Crippen LogP contribution in [-0.2, 0) is 0 Å². The van der Waals surface area contributed by atoms with Crippen LogP contribution in [0.15, 0.2) is 79.1 Å². The van der Waals surface area contributed by atoms with Gasteiger partial charge in [-0.05, 0) is 38.1 Å². The second-order valence-electron chi connectivity index (χ2n) is 8.45. The molecule has 0 spiro atoms. The molecule has 0 radical (unpaired) electrons. The molecular formula is C29H27BrN6O2S2. The number of alkyl halides is 1. The Kier molecular flexibility index (Phi) is 9.41. The fourth-order valence-corrected chi connectivity index (χ4v) is 5.41. The third-order valence-corrected chi connectivity index (χ3v) is 6.96. The van der Waals surface area contributed by atoms with E-state index >= 15 is 0 Å². The molecule has 0 atom stereocenters. The van der Waals surface area contributed by atoms with Crippen molar-refractivity contribution >= 4 is 61.7 Å². The van der Waals surface area contributed by atoms with E-state index in [1.165, 1.54) is 11.3 Å². The molecule has 0 aliphatic rings. The Hall–Kier alpha value is -3.93. The molecule has 0 saturated carbocycles. The number of carboxylic acid groups (broad SMARTS) is 1. The summed E-state index contributed by atoms with van der Waals surface area (Å²) in [6, 6.07) is 20.9. The van der Waals surface area contributed by atoms with Crippen molar-refractivity contribution in [3.63, 3.8) is 0 Å². The summed E-state index contributed by atoms with van der Waals surface area (Å²) < 4.78 is 3.84. The van der Waals surface area contributed by atoms with Crippen LogP contribution in [0.5, 0.6) is 0 Å². The van der Waals surface area contributed by atoms with Crippen LogP contribution < -0.4 is 5.73 Å².